The third-order valence-electron chi connectivity index (χ3n) is 5.54. The first-order valence-electron chi connectivity index (χ1n) is 11.3. The zero-order valence-electron chi connectivity index (χ0n) is 20.1. The van der Waals surface area contributed by atoms with Gasteiger partial charge in [-0.15, -0.1) is 0 Å². The molecule has 0 radical (unpaired) electrons. The minimum Gasteiger partial charge on any atom is -0.351 e. The molecule has 1 aromatic carbocycles. The first-order valence-corrected chi connectivity index (χ1v) is 11.3. The van der Waals surface area contributed by atoms with Gasteiger partial charge in [-0.1, -0.05) is 48.5 Å². The summed E-state index contributed by atoms with van der Waals surface area (Å²) in [4.78, 5) is 30.1. The van der Waals surface area contributed by atoms with Gasteiger partial charge in [0, 0.05) is 37.3 Å². The fraction of sp³-hybridized carbons (Fsp3) is 0.667. The Labute approximate surface area is 183 Å². The summed E-state index contributed by atoms with van der Waals surface area (Å²) < 4.78 is 0. The van der Waals surface area contributed by atoms with Gasteiger partial charge >= 0.3 is 0 Å². The Bertz CT molecular complexity index is 626. The van der Waals surface area contributed by atoms with Crippen LogP contribution in [-0.2, 0) is 5.41 Å². The summed E-state index contributed by atoms with van der Waals surface area (Å²) in [5.41, 5.74) is 1.90. The molecule has 0 aromatic heterocycles. The minimum absolute atomic E-state index is 0.134. The van der Waals surface area contributed by atoms with Crippen LogP contribution in [0.25, 0.3) is 0 Å². The predicted octanol–water partition coefficient (Wildman–Crippen LogP) is 3.13. The Hall–Kier alpha value is -1.92. The highest BCUT2D eigenvalue weighted by atomic mass is 16.2. The number of rotatable bonds is 12. The number of hydrogen-bond donors (Lipinski definition) is 2. The van der Waals surface area contributed by atoms with E-state index < -0.39 is 0 Å². The van der Waals surface area contributed by atoms with E-state index in [1.807, 2.05) is 12.1 Å². The molecule has 6 heteroatoms. The third kappa shape index (κ3) is 8.44. The van der Waals surface area contributed by atoms with Crippen LogP contribution >= 0.6 is 0 Å². The van der Waals surface area contributed by atoms with Crippen LogP contribution in [-0.4, -0.2) is 74.0 Å². The van der Waals surface area contributed by atoms with E-state index in [1.165, 1.54) is 0 Å². The second kappa shape index (κ2) is 12.7. The zero-order chi connectivity index (χ0) is 22.7. The van der Waals surface area contributed by atoms with Crippen molar-refractivity contribution in [1.29, 1.82) is 0 Å². The Morgan fingerprint density at radius 2 is 1.10 bits per heavy atom. The molecule has 0 saturated carbocycles. The number of nitrogens with one attached hydrogen (secondary N) is 2. The number of nitrogens with zero attached hydrogens (tertiary/aromatic N) is 2. The van der Waals surface area contributed by atoms with Gasteiger partial charge in [0.15, 0.2) is 0 Å². The number of likely N-dealkylation sites (N-methyl/N-ethyl adjacent to an activating group) is 2. The van der Waals surface area contributed by atoms with Gasteiger partial charge in [-0.2, -0.15) is 0 Å². The van der Waals surface area contributed by atoms with E-state index in [2.05, 4.69) is 68.9 Å². The van der Waals surface area contributed by atoms with Gasteiger partial charge in [-0.25, -0.2) is 0 Å². The first kappa shape index (κ1) is 26.1. The molecule has 170 valence electrons. The smallest absolute Gasteiger partial charge is 0.251 e. The fourth-order valence-electron chi connectivity index (χ4n) is 3.26. The van der Waals surface area contributed by atoms with Gasteiger partial charge in [0.2, 0.25) is 0 Å². The molecule has 0 heterocycles. The van der Waals surface area contributed by atoms with Gasteiger partial charge in [0.25, 0.3) is 11.8 Å². The first-order chi connectivity index (χ1) is 14.2. The monoisotopic (exact) mass is 418 g/mol. The average molecular weight is 419 g/mol. The van der Waals surface area contributed by atoms with E-state index in [-0.39, 0.29) is 17.2 Å². The molecular formula is C24H42N4O2. The van der Waals surface area contributed by atoms with Crippen molar-refractivity contribution in [3.05, 3.63) is 34.9 Å². The Kier molecular flexibility index (Phi) is 11.1. The highest BCUT2D eigenvalue weighted by molar-refractivity contribution is 6.00. The second-order valence-corrected chi connectivity index (χ2v) is 8.61. The number of carbonyl (C=O) groups is 2. The molecule has 0 aliphatic heterocycles. The lowest BCUT2D eigenvalue weighted by atomic mass is 9.85. The summed E-state index contributed by atoms with van der Waals surface area (Å²) in [6.45, 7) is 21.4. The Morgan fingerprint density at radius 3 is 1.40 bits per heavy atom. The van der Waals surface area contributed by atoms with Crippen molar-refractivity contribution in [3.63, 3.8) is 0 Å². The molecule has 0 saturated heterocycles. The Balaban J connectivity index is 2.92. The summed E-state index contributed by atoms with van der Waals surface area (Å²) in [5, 5.41) is 5.99. The molecule has 0 atom stereocenters. The van der Waals surface area contributed by atoms with E-state index >= 15 is 0 Å². The van der Waals surface area contributed by atoms with Gasteiger partial charge in [0.1, 0.15) is 0 Å². The number of carbonyl (C=O) groups excluding carboxylic acids is 2. The molecule has 2 N–H and O–H groups in total. The molecular weight excluding hydrogens is 376 g/mol. The molecule has 0 spiro atoms. The highest BCUT2D eigenvalue weighted by Gasteiger charge is 2.20. The van der Waals surface area contributed by atoms with Crippen molar-refractivity contribution < 1.29 is 9.59 Å². The van der Waals surface area contributed by atoms with E-state index in [0.29, 0.717) is 24.2 Å². The molecule has 1 aromatic rings. The molecule has 0 bridgehead atoms. The fourth-order valence-corrected chi connectivity index (χ4v) is 3.26. The molecule has 2 amide bonds. The largest absolute Gasteiger partial charge is 0.351 e. The maximum Gasteiger partial charge on any atom is 0.251 e. The van der Waals surface area contributed by atoms with E-state index in [1.54, 1.807) is 6.07 Å². The third-order valence-corrected chi connectivity index (χ3v) is 5.54. The molecule has 1 rings (SSSR count). The maximum atomic E-state index is 12.8. The number of benzene rings is 1. The molecule has 0 unspecified atom stereocenters. The molecule has 0 aliphatic carbocycles. The van der Waals surface area contributed by atoms with Crippen LogP contribution in [0.1, 0.15) is 74.7 Å². The lowest BCUT2D eigenvalue weighted by molar-refractivity contribution is 0.0948. The van der Waals surface area contributed by atoms with Gasteiger partial charge < -0.3 is 20.4 Å². The summed E-state index contributed by atoms with van der Waals surface area (Å²) in [7, 11) is 0. The Morgan fingerprint density at radius 1 is 0.733 bits per heavy atom. The topological polar surface area (TPSA) is 64.7 Å². The van der Waals surface area contributed by atoms with E-state index in [9.17, 15) is 9.59 Å². The lowest BCUT2D eigenvalue weighted by Crippen LogP contribution is -2.36. The van der Waals surface area contributed by atoms with Crippen LogP contribution in [0.3, 0.4) is 0 Å². The summed E-state index contributed by atoms with van der Waals surface area (Å²) in [6, 6.07) is 5.51. The van der Waals surface area contributed by atoms with Crippen molar-refractivity contribution >= 4 is 11.8 Å². The average Bonchev–Trinajstić information content (AvgIpc) is 2.73. The highest BCUT2D eigenvalue weighted by Crippen LogP contribution is 2.24. The van der Waals surface area contributed by atoms with Crippen molar-refractivity contribution in [2.45, 2.75) is 53.9 Å². The molecule has 0 fully saturated rings. The zero-order valence-corrected chi connectivity index (χ0v) is 20.1. The standard InChI is InChI=1S/C24H42N4O2/c1-8-27(9-2)14-12-25-22(29)19-16-20(18-21(17-19)24(5,6)7)23(30)26-13-15-28(10-3)11-4/h16-18H,8-15H2,1-7H3,(H,25,29)(H,26,30). The molecule has 6 nitrogen and oxygen atoms in total. The quantitative estimate of drug-likeness (QED) is 0.547. The van der Waals surface area contributed by atoms with Crippen LogP contribution in [0.15, 0.2) is 18.2 Å². The normalized spacial score (nSPS) is 11.8. The van der Waals surface area contributed by atoms with Crippen molar-refractivity contribution in [2.24, 2.45) is 0 Å². The van der Waals surface area contributed by atoms with Gasteiger partial charge in [0.05, 0.1) is 0 Å². The van der Waals surface area contributed by atoms with E-state index in [0.717, 1.165) is 44.8 Å². The number of amides is 2. The van der Waals surface area contributed by atoms with Crippen LogP contribution in [0, 0.1) is 0 Å². The van der Waals surface area contributed by atoms with Crippen molar-refractivity contribution in [3.8, 4) is 0 Å². The van der Waals surface area contributed by atoms with Crippen LogP contribution in [0.4, 0.5) is 0 Å². The second-order valence-electron chi connectivity index (χ2n) is 8.61. The SMILES string of the molecule is CCN(CC)CCNC(=O)c1cc(C(=O)NCCN(CC)CC)cc(C(C)(C)C)c1. The van der Waals surface area contributed by atoms with Gasteiger partial charge in [-0.05, 0) is 55.4 Å². The summed E-state index contributed by atoms with van der Waals surface area (Å²) >= 11 is 0. The van der Waals surface area contributed by atoms with Crippen LogP contribution in [0.5, 0.6) is 0 Å². The summed E-state index contributed by atoms with van der Waals surface area (Å²) in [6.07, 6.45) is 0. The lowest BCUT2D eigenvalue weighted by Gasteiger charge is -2.22. The predicted molar refractivity (Wildman–Crippen MR) is 125 cm³/mol. The van der Waals surface area contributed by atoms with Gasteiger partial charge in [-0.3, -0.25) is 9.59 Å². The van der Waals surface area contributed by atoms with Crippen molar-refractivity contribution in [2.75, 3.05) is 52.4 Å². The molecule has 0 aliphatic rings. The van der Waals surface area contributed by atoms with Crippen molar-refractivity contribution in [1.82, 2.24) is 20.4 Å². The minimum atomic E-state index is -0.159. The summed E-state index contributed by atoms with van der Waals surface area (Å²) in [5.74, 6) is -0.268. The molecule has 30 heavy (non-hydrogen) atoms. The number of hydrogen-bond acceptors (Lipinski definition) is 4. The maximum absolute atomic E-state index is 12.8. The van der Waals surface area contributed by atoms with Crippen LogP contribution in [0.2, 0.25) is 0 Å². The van der Waals surface area contributed by atoms with E-state index in [4.69, 9.17) is 0 Å². The van der Waals surface area contributed by atoms with Crippen LogP contribution < -0.4 is 10.6 Å².